The molecule has 1 aromatic heterocycles. The molecule has 122 valence electrons. The van der Waals surface area contributed by atoms with E-state index in [9.17, 15) is 4.79 Å². The van der Waals surface area contributed by atoms with Gasteiger partial charge >= 0.3 is 0 Å². The van der Waals surface area contributed by atoms with Gasteiger partial charge in [-0.05, 0) is 25.8 Å². The molecule has 1 saturated heterocycles. The van der Waals surface area contributed by atoms with Crippen molar-refractivity contribution in [2.75, 3.05) is 20.2 Å². The SMILES string of the molecule is COc1ccccc1CC(=O)N1CCCC(c2ncc(C)[nH]2)C1. The van der Waals surface area contributed by atoms with E-state index in [2.05, 4.69) is 9.97 Å². The van der Waals surface area contributed by atoms with Crippen molar-refractivity contribution in [3.63, 3.8) is 0 Å². The molecule has 1 atom stereocenters. The summed E-state index contributed by atoms with van der Waals surface area (Å²) in [6.07, 6.45) is 4.33. The Morgan fingerprint density at radius 1 is 1.43 bits per heavy atom. The van der Waals surface area contributed by atoms with E-state index in [1.807, 2.05) is 42.3 Å². The number of hydrogen-bond donors (Lipinski definition) is 1. The first kappa shape index (κ1) is 15.6. The second-order valence-electron chi connectivity index (χ2n) is 6.12. The molecule has 0 saturated carbocycles. The second kappa shape index (κ2) is 6.86. The second-order valence-corrected chi connectivity index (χ2v) is 6.12. The van der Waals surface area contributed by atoms with Crippen LogP contribution in [0.3, 0.4) is 0 Å². The maximum Gasteiger partial charge on any atom is 0.227 e. The molecular formula is C18H23N3O2. The zero-order valence-electron chi connectivity index (χ0n) is 13.7. The number of ether oxygens (including phenoxy) is 1. The number of methoxy groups -OCH3 is 1. The van der Waals surface area contributed by atoms with Crippen molar-refractivity contribution >= 4 is 5.91 Å². The van der Waals surface area contributed by atoms with Crippen LogP contribution in [0.5, 0.6) is 5.75 Å². The monoisotopic (exact) mass is 313 g/mol. The fourth-order valence-electron chi connectivity index (χ4n) is 3.19. The summed E-state index contributed by atoms with van der Waals surface area (Å²) in [5.74, 6) is 2.23. The molecule has 0 spiro atoms. The van der Waals surface area contributed by atoms with Crippen LogP contribution >= 0.6 is 0 Å². The van der Waals surface area contributed by atoms with Crippen molar-refractivity contribution in [3.8, 4) is 5.75 Å². The quantitative estimate of drug-likeness (QED) is 0.944. The topological polar surface area (TPSA) is 58.2 Å². The number of aromatic amines is 1. The lowest BCUT2D eigenvalue weighted by Crippen LogP contribution is -2.40. The fraction of sp³-hybridized carbons (Fsp3) is 0.444. The largest absolute Gasteiger partial charge is 0.496 e. The average Bonchev–Trinajstić information content (AvgIpc) is 3.02. The number of hydrogen-bond acceptors (Lipinski definition) is 3. The Bertz CT molecular complexity index is 680. The van der Waals surface area contributed by atoms with Crippen molar-refractivity contribution in [3.05, 3.63) is 47.5 Å². The van der Waals surface area contributed by atoms with Gasteiger partial charge in [-0.25, -0.2) is 4.98 Å². The highest BCUT2D eigenvalue weighted by atomic mass is 16.5. The van der Waals surface area contributed by atoms with Crippen molar-refractivity contribution in [1.29, 1.82) is 0 Å². The summed E-state index contributed by atoms with van der Waals surface area (Å²) in [5.41, 5.74) is 2.01. The number of H-pyrrole nitrogens is 1. The summed E-state index contributed by atoms with van der Waals surface area (Å²) in [7, 11) is 1.64. The van der Waals surface area contributed by atoms with Gasteiger partial charge in [0.1, 0.15) is 11.6 Å². The van der Waals surface area contributed by atoms with Gasteiger partial charge in [0.2, 0.25) is 5.91 Å². The molecule has 2 heterocycles. The molecule has 0 radical (unpaired) electrons. The van der Waals surface area contributed by atoms with Gasteiger partial charge in [0.15, 0.2) is 0 Å². The Morgan fingerprint density at radius 2 is 2.26 bits per heavy atom. The molecule has 3 rings (SSSR count). The number of imidazole rings is 1. The highest BCUT2D eigenvalue weighted by molar-refractivity contribution is 5.79. The van der Waals surface area contributed by atoms with Crippen LogP contribution in [0.1, 0.15) is 35.8 Å². The Hall–Kier alpha value is -2.30. The van der Waals surface area contributed by atoms with Crippen LogP contribution in [-0.4, -0.2) is 41.0 Å². The van der Waals surface area contributed by atoms with Gasteiger partial charge in [0.25, 0.3) is 0 Å². The molecule has 0 aliphatic carbocycles. The summed E-state index contributed by atoms with van der Waals surface area (Å²) < 4.78 is 5.34. The average molecular weight is 313 g/mol. The van der Waals surface area contributed by atoms with Gasteiger partial charge in [-0.15, -0.1) is 0 Å². The molecule has 5 nitrogen and oxygen atoms in total. The summed E-state index contributed by atoms with van der Waals surface area (Å²) in [5, 5.41) is 0. The van der Waals surface area contributed by atoms with Gasteiger partial charge in [-0.3, -0.25) is 4.79 Å². The highest BCUT2D eigenvalue weighted by Gasteiger charge is 2.26. The Balaban J connectivity index is 1.67. The number of amides is 1. The zero-order chi connectivity index (χ0) is 16.2. The lowest BCUT2D eigenvalue weighted by atomic mass is 9.96. The highest BCUT2D eigenvalue weighted by Crippen LogP contribution is 2.26. The molecule has 5 heteroatoms. The van der Waals surface area contributed by atoms with Crippen LogP contribution in [0.2, 0.25) is 0 Å². The third-order valence-corrected chi connectivity index (χ3v) is 4.42. The molecule has 23 heavy (non-hydrogen) atoms. The van der Waals surface area contributed by atoms with Crippen LogP contribution in [0.25, 0.3) is 0 Å². The maximum atomic E-state index is 12.7. The molecular weight excluding hydrogens is 290 g/mol. The Morgan fingerprint density at radius 3 is 3.00 bits per heavy atom. The number of nitrogens with one attached hydrogen (secondary N) is 1. The summed E-state index contributed by atoms with van der Waals surface area (Å²) in [6, 6.07) is 7.71. The number of aromatic nitrogens is 2. The van der Waals surface area contributed by atoms with Gasteiger partial charge in [-0.2, -0.15) is 0 Å². The Labute approximate surface area is 136 Å². The van der Waals surface area contributed by atoms with Crippen LogP contribution in [-0.2, 0) is 11.2 Å². The molecule has 0 bridgehead atoms. The first-order valence-corrected chi connectivity index (χ1v) is 8.08. The normalized spacial score (nSPS) is 18.0. The summed E-state index contributed by atoms with van der Waals surface area (Å²) in [6.45, 7) is 3.56. The fourth-order valence-corrected chi connectivity index (χ4v) is 3.19. The number of para-hydroxylation sites is 1. The maximum absolute atomic E-state index is 12.7. The first-order chi connectivity index (χ1) is 11.2. The molecule has 1 unspecified atom stereocenters. The van der Waals surface area contributed by atoms with E-state index in [1.54, 1.807) is 7.11 Å². The first-order valence-electron chi connectivity index (χ1n) is 8.08. The number of nitrogens with zero attached hydrogens (tertiary/aromatic N) is 2. The van der Waals surface area contributed by atoms with E-state index in [-0.39, 0.29) is 5.91 Å². The van der Waals surface area contributed by atoms with Gasteiger partial charge < -0.3 is 14.6 Å². The van der Waals surface area contributed by atoms with Crippen LogP contribution in [0, 0.1) is 6.92 Å². The van der Waals surface area contributed by atoms with Crippen molar-refractivity contribution < 1.29 is 9.53 Å². The Kier molecular flexibility index (Phi) is 4.65. The van der Waals surface area contributed by atoms with E-state index < -0.39 is 0 Å². The number of likely N-dealkylation sites (tertiary alicyclic amines) is 1. The minimum atomic E-state index is 0.155. The van der Waals surface area contributed by atoms with E-state index in [0.29, 0.717) is 12.3 Å². The predicted molar refractivity (Wildman–Crippen MR) is 88.6 cm³/mol. The lowest BCUT2D eigenvalue weighted by Gasteiger charge is -2.32. The molecule has 1 amide bonds. The van der Waals surface area contributed by atoms with Crippen LogP contribution in [0.15, 0.2) is 30.5 Å². The summed E-state index contributed by atoms with van der Waals surface area (Å²) >= 11 is 0. The molecule has 1 N–H and O–H groups in total. The molecule has 1 fully saturated rings. The van der Waals surface area contributed by atoms with Gasteiger partial charge in [0, 0.05) is 36.5 Å². The number of piperidine rings is 1. The minimum Gasteiger partial charge on any atom is -0.496 e. The van der Waals surface area contributed by atoms with Crippen LogP contribution in [0.4, 0.5) is 0 Å². The van der Waals surface area contributed by atoms with Crippen molar-refractivity contribution in [2.24, 2.45) is 0 Å². The number of carbonyl (C=O) groups excluding carboxylic acids is 1. The smallest absolute Gasteiger partial charge is 0.227 e. The molecule has 2 aromatic rings. The standard InChI is InChI=1S/C18H23N3O2/c1-13-11-19-18(20-13)15-7-5-9-21(12-15)17(22)10-14-6-3-4-8-16(14)23-2/h3-4,6,8,11,15H,5,7,9-10,12H2,1-2H3,(H,19,20). The third kappa shape index (κ3) is 3.55. The molecule has 1 aliphatic rings. The number of rotatable bonds is 4. The zero-order valence-corrected chi connectivity index (χ0v) is 13.7. The number of carbonyl (C=O) groups is 1. The number of aryl methyl sites for hydroxylation is 1. The third-order valence-electron chi connectivity index (χ3n) is 4.42. The lowest BCUT2D eigenvalue weighted by molar-refractivity contribution is -0.131. The van der Waals surface area contributed by atoms with Gasteiger partial charge in [0.05, 0.1) is 13.5 Å². The molecule has 1 aromatic carbocycles. The van der Waals surface area contributed by atoms with E-state index in [1.165, 1.54) is 0 Å². The minimum absolute atomic E-state index is 0.155. The number of benzene rings is 1. The van der Waals surface area contributed by atoms with Crippen molar-refractivity contribution in [1.82, 2.24) is 14.9 Å². The summed E-state index contributed by atoms with van der Waals surface area (Å²) in [4.78, 5) is 22.3. The molecule has 1 aliphatic heterocycles. The van der Waals surface area contributed by atoms with Gasteiger partial charge in [-0.1, -0.05) is 18.2 Å². The van der Waals surface area contributed by atoms with E-state index in [4.69, 9.17) is 4.74 Å². The van der Waals surface area contributed by atoms with E-state index in [0.717, 1.165) is 48.8 Å². The van der Waals surface area contributed by atoms with Crippen molar-refractivity contribution in [2.45, 2.75) is 32.1 Å². The van der Waals surface area contributed by atoms with Crippen LogP contribution < -0.4 is 4.74 Å². The van der Waals surface area contributed by atoms with E-state index >= 15 is 0 Å². The predicted octanol–water partition coefficient (Wildman–Crippen LogP) is 2.68.